The Bertz CT molecular complexity index is 363. The number of nitrogens with zero attached hydrogens (tertiary/aromatic N) is 1. The molecule has 2 N–H and O–H groups in total. The van der Waals surface area contributed by atoms with Crippen LogP contribution >= 0.6 is 0 Å². The zero-order chi connectivity index (χ0) is 13.6. The first-order valence-electron chi connectivity index (χ1n) is 6.04. The lowest BCUT2D eigenvalue weighted by Crippen LogP contribution is -2.36. The summed E-state index contributed by atoms with van der Waals surface area (Å²) in [5.74, 6) is 0. The highest BCUT2D eigenvalue weighted by atomic mass is 19.4. The van der Waals surface area contributed by atoms with E-state index < -0.39 is 12.7 Å². The number of rotatable bonds is 6. The Morgan fingerprint density at radius 3 is 2.50 bits per heavy atom. The van der Waals surface area contributed by atoms with Crippen LogP contribution in [0.5, 0.6) is 0 Å². The zero-order valence-corrected chi connectivity index (χ0v) is 10.5. The second-order valence-electron chi connectivity index (χ2n) is 4.39. The Morgan fingerprint density at radius 1 is 1.22 bits per heavy atom. The van der Waals surface area contributed by atoms with Crippen molar-refractivity contribution in [3.63, 3.8) is 0 Å². The molecule has 5 heteroatoms. The van der Waals surface area contributed by atoms with E-state index in [2.05, 4.69) is 0 Å². The molecule has 0 bridgehead atoms. The number of hydrogen-bond donors (Lipinski definition) is 1. The lowest BCUT2D eigenvalue weighted by Gasteiger charge is -2.23. The van der Waals surface area contributed by atoms with Crippen LogP contribution in [-0.4, -0.2) is 30.7 Å². The minimum Gasteiger partial charge on any atom is -0.399 e. The van der Waals surface area contributed by atoms with Crippen molar-refractivity contribution in [1.29, 1.82) is 0 Å². The van der Waals surface area contributed by atoms with Crippen LogP contribution in [0, 0.1) is 0 Å². The topological polar surface area (TPSA) is 29.3 Å². The van der Waals surface area contributed by atoms with E-state index in [-0.39, 0.29) is 0 Å². The summed E-state index contributed by atoms with van der Waals surface area (Å²) in [4.78, 5) is 1.43. The van der Waals surface area contributed by atoms with E-state index in [0.29, 0.717) is 31.6 Å². The van der Waals surface area contributed by atoms with Crippen LogP contribution in [0.4, 0.5) is 18.9 Å². The molecule has 0 unspecified atom stereocenters. The summed E-state index contributed by atoms with van der Waals surface area (Å²) in [6.07, 6.45) is -2.83. The number of halogens is 3. The molecule has 102 valence electrons. The largest absolute Gasteiger partial charge is 0.401 e. The molecule has 0 spiro atoms. The standard InChI is InChI=1S/C13H19F3N2/c1-2-7-18(10-13(14,15)16)8-6-11-4-3-5-12(17)9-11/h3-5,9H,2,6-8,10,17H2,1H3. The number of hydrogen-bond acceptors (Lipinski definition) is 2. The molecule has 0 saturated carbocycles. The van der Waals surface area contributed by atoms with Crippen LogP contribution in [0.3, 0.4) is 0 Å². The van der Waals surface area contributed by atoms with Gasteiger partial charge in [-0.3, -0.25) is 4.90 Å². The summed E-state index contributed by atoms with van der Waals surface area (Å²) in [5, 5.41) is 0. The molecule has 0 amide bonds. The molecule has 18 heavy (non-hydrogen) atoms. The molecule has 0 aliphatic carbocycles. The van der Waals surface area contributed by atoms with Crippen LogP contribution in [0.2, 0.25) is 0 Å². The fourth-order valence-electron chi connectivity index (χ4n) is 1.88. The van der Waals surface area contributed by atoms with Gasteiger partial charge in [0.2, 0.25) is 0 Å². The maximum atomic E-state index is 12.4. The molecule has 0 fully saturated rings. The summed E-state index contributed by atoms with van der Waals surface area (Å²) >= 11 is 0. The van der Waals surface area contributed by atoms with E-state index >= 15 is 0 Å². The van der Waals surface area contributed by atoms with E-state index in [1.165, 1.54) is 4.90 Å². The van der Waals surface area contributed by atoms with Gasteiger partial charge in [0.15, 0.2) is 0 Å². The van der Waals surface area contributed by atoms with Crippen molar-refractivity contribution >= 4 is 5.69 Å². The maximum Gasteiger partial charge on any atom is 0.401 e. The summed E-state index contributed by atoms with van der Waals surface area (Å²) in [6, 6.07) is 7.27. The predicted molar refractivity (Wildman–Crippen MR) is 67.3 cm³/mol. The van der Waals surface area contributed by atoms with E-state index in [1.807, 2.05) is 19.1 Å². The molecule has 0 aliphatic heterocycles. The van der Waals surface area contributed by atoms with Gasteiger partial charge in [-0.2, -0.15) is 13.2 Å². The molecular weight excluding hydrogens is 241 g/mol. The van der Waals surface area contributed by atoms with Gasteiger partial charge in [0.1, 0.15) is 0 Å². The van der Waals surface area contributed by atoms with Crippen LogP contribution in [-0.2, 0) is 6.42 Å². The molecule has 0 aliphatic rings. The van der Waals surface area contributed by atoms with Gasteiger partial charge in [0, 0.05) is 12.2 Å². The van der Waals surface area contributed by atoms with Crippen LogP contribution in [0.1, 0.15) is 18.9 Å². The maximum absolute atomic E-state index is 12.4. The molecule has 1 aromatic rings. The van der Waals surface area contributed by atoms with Gasteiger partial charge < -0.3 is 5.73 Å². The van der Waals surface area contributed by atoms with E-state index in [9.17, 15) is 13.2 Å². The van der Waals surface area contributed by atoms with Crippen molar-refractivity contribution in [2.24, 2.45) is 0 Å². The van der Waals surface area contributed by atoms with Crippen molar-refractivity contribution < 1.29 is 13.2 Å². The second kappa shape index (κ2) is 6.64. The smallest absolute Gasteiger partial charge is 0.399 e. The van der Waals surface area contributed by atoms with Crippen molar-refractivity contribution in [3.8, 4) is 0 Å². The van der Waals surface area contributed by atoms with E-state index in [4.69, 9.17) is 5.73 Å². The van der Waals surface area contributed by atoms with E-state index in [0.717, 1.165) is 5.56 Å². The average Bonchev–Trinajstić information content (AvgIpc) is 2.24. The quantitative estimate of drug-likeness (QED) is 0.796. The molecule has 0 heterocycles. The Morgan fingerprint density at radius 2 is 1.94 bits per heavy atom. The van der Waals surface area contributed by atoms with Crippen LogP contribution in [0.25, 0.3) is 0 Å². The van der Waals surface area contributed by atoms with Gasteiger partial charge in [-0.1, -0.05) is 19.1 Å². The van der Waals surface area contributed by atoms with Crippen LogP contribution in [0.15, 0.2) is 24.3 Å². The second-order valence-corrected chi connectivity index (χ2v) is 4.39. The van der Waals surface area contributed by atoms with Gasteiger partial charge >= 0.3 is 6.18 Å². The Hall–Kier alpha value is -1.23. The fraction of sp³-hybridized carbons (Fsp3) is 0.538. The van der Waals surface area contributed by atoms with Gasteiger partial charge in [0.05, 0.1) is 6.54 Å². The predicted octanol–water partition coefficient (Wildman–Crippen LogP) is 3.09. The number of nitrogens with two attached hydrogens (primary N) is 1. The van der Waals surface area contributed by atoms with Crippen molar-refractivity contribution in [2.45, 2.75) is 25.9 Å². The minimum atomic E-state index is -4.13. The van der Waals surface area contributed by atoms with Gasteiger partial charge in [0.25, 0.3) is 0 Å². The summed E-state index contributed by atoms with van der Waals surface area (Å²) in [5.41, 5.74) is 7.25. The molecule has 2 nitrogen and oxygen atoms in total. The molecule has 0 atom stereocenters. The third-order valence-corrected chi connectivity index (χ3v) is 2.61. The third kappa shape index (κ3) is 5.91. The first-order chi connectivity index (χ1) is 8.40. The lowest BCUT2D eigenvalue weighted by atomic mass is 10.1. The van der Waals surface area contributed by atoms with Crippen molar-refractivity contribution in [3.05, 3.63) is 29.8 Å². The highest BCUT2D eigenvalue weighted by molar-refractivity contribution is 5.40. The highest BCUT2D eigenvalue weighted by Gasteiger charge is 2.30. The molecule has 1 aromatic carbocycles. The number of nitrogen functional groups attached to an aromatic ring is 1. The normalized spacial score (nSPS) is 12.1. The molecular formula is C13H19F3N2. The Balaban J connectivity index is 2.51. The average molecular weight is 260 g/mol. The van der Waals surface area contributed by atoms with Crippen molar-refractivity contribution in [1.82, 2.24) is 4.90 Å². The fourth-order valence-corrected chi connectivity index (χ4v) is 1.88. The molecule has 0 radical (unpaired) electrons. The van der Waals surface area contributed by atoms with Crippen LogP contribution < -0.4 is 5.73 Å². The number of alkyl halides is 3. The lowest BCUT2D eigenvalue weighted by molar-refractivity contribution is -0.145. The highest BCUT2D eigenvalue weighted by Crippen LogP contribution is 2.17. The number of benzene rings is 1. The van der Waals surface area contributed by atoms with Gasteiger partial charge in [-0.15, -0.1) is 0 Å². The molecule has 0 saturated heterocycles. The first kappa shape index (κ1) is 14.8. The SMILES string of the molecule is CCCN(CCc1cccc(N)c1)CC(F)(F)F. The monoisotopic (exact) mass is 260 g/mol. The van der Waals surface area contributed by atoms with Gasteiger partial charge in [-0.05, 0) is 37.1 Å². The first-order valence-corrected chi connectivity index (χ1v) is 6.04. The van der Waals surface area contributed by atoms with Gasteiger partial charge in [-0.25, -0.2) is 0 Å². The van der Waals surface area contributed by atoms with Crippen molar-refractivity contribution in [2.75, 3.05) is 25.4 Å². The molecule has 1 rings (SSSR count). The Labute approximate surface area is 106 Å². The number of anilines is 1. The zero-order valence-electron chi connectivity index (χ0n) is 10.5. The summed E-state index contributed by atoms with van der Waals surface area (Å²) in [7, 11) is 0. The van der Waals surface area contributed by atoms with E-state index in [1.54, 1.807) is 12.1 Å². The third-order valence-electron chi connectivity index (χ3n) is 2.61. The minimum absolute atomic E-state index is 0.400. The summed E-state index contributed by atoms with van der Waals surface area (Å²) < 4.78 is 37.1. The summed E-state index contributed by atoms with van der Waals surface area (Å²) in [6.45, 7) is 1.89. The Kier molecular flexibility index (Phi) is 5.47. The molecule has 0 aromatic heterocycles.